The number of rotatable bonds is 3. The largest absolute Gasteiger partial charge is 0.319 e. The maximum absolute atomic E-state index is 12.6. The average molecular weight is 397 g/mol. The maximum atomic E-state index is 12.6. The summed E-state index contributed by atoms with van der Waals surface area (Å²) in [4.78, 5) is 17.2. The fraction of sp³-hybridized carbons (Fsp3) is 0.0500. The summed E-state index contributed by atoms with van der Waals surface area (Å²) in [7, 11) is 0. The summed E-state index contributed by atoms with van der Waals surface area (Å²) in [5, 5.41) is 7.97. The predicted octanol–water partition coefficient (Wildman–Crippen LogP) is 5.26. The van der Waals surface area contributed by atoms with Crippen molar-refractivity contribution < 1.29 is 4.79 Å². The molecule has 0 aliphatic heterocycles. The van der Waals surface area contributed by atoms with Gasteiger partial charge in [0.15, 0.2) is 11.3 Å². The first kappa shape index (κ1) is 17.5. The Bertz CT molecular complexity index is 1160. The number of hydrogen-bond donors (Lipinski definition) is 1. The number of halogens is 2. The van der Waals surface area contributed by atoms with Crippen LogP contribution in [0.1, 0.15) is 16.2 Å². The van der Waals surface area contributed by atoms with Crippen molar-refractivity contribution >= 4 is 40.4 Å². The Morgan fingerprint density at radius 1 is 1.04 bits per heavy atom. The van der Waals surface area contributed by atoms with Crippen LogP contribution in [0.15, 0.2) is 60.7 Å². The summed E-state index contributed by atoms with van der Waals surface area (Å²) in [6, 6.07) is 18.3. The minimum Gasteiger partial charge on any atom is -0.319 e. The molecule has 0 unspecified atom stereocenters. The summed E-state index contributed by atoms with van der Waals surface area (Å²) in [6.07, 6.45) is 0. The molecule has 0 fully saturated rings. The topological polar surface area (TPSA) is 59.3 Å². The number of hydrogen-bond acceptors (Lipinski definition) is 3. The highest BCUT2D eigenvalue weighted by Gasteiger charge is 2.15. The first-order chi connectivity index (χ1) is 13.0. The van der Waals surface area contributed by atoms with Crippen molar-refractivity contribution in [2.45, 2.75) is 6.92 Å². The van der Waals surface area contributed by atoms with Gasteiger partial charge in [-0.25, -0.2) is 9.50 Å². The monoisotopic (exact) mass is 396 g/mol. The average Bonchev–Trinajstić information content (AvgIpc) is 3.10. The summed E-state index contributed by atoms with van der Waals surface area (Å²) < 4.78 is 1.64. The van der Waals surface area contributed by atoms with E-state index >= 15 is 0 Å². The summed E-state index contributed by atoms with van der Waals surface area (Å²) in [6.45, 7) is 1.92. The van der Waals surface area contributed by atoms with Gasteiger partial charge in [0.1, 0.15) is 0 Å². The number of nitrogens with zero attached hydrogens (tertiary/aromatic N) is 3. The molecule has 0 radical (unpaired) electrons. The molecule has 0 aliphatic rings. The van der Waals surface area contributed by atoms with E-state index in [4.69, 9.17) is 23.2 Å². The van der Waals surface area contributed by atoms with E-state index in [2.05, 4.69) is 15.4 Å². The Labute approximate surface area is 165 Å². The molecule has 4 rings (SSSR count). The summed E-state index contributed by atoms with van der Waals surface area (Å²) in [5.74, 6) is -0.370. The molecule has 0 atom stereocenters. The standard InChI is InChI=1S/C20H14Cl2N4O/c1-12-9-17(13-5-3-2-4-6-13)23-19-11-18(25-26(12)19)20(27)24-16-8-7-14(21)10-15(16)22/h2-11H,1H3,(H,24,27). The molecular weight excluding hydrogens is 383 g/mol. The highest BCUT2D eigenvalue weighted by atomic mass is 35.5. The first-order valence-corrected chi connectivity index (χ1v) is 8.96. The molecule has 27 heavy (non-hydrogen) atoms. The molecule has 1 amide bonds. The smallest absolute Gasteiger partial charge is 0.276 e. The van der Waals surface area contributed by atoms with Gasteiger partial charge in [-0.05, 0) is 31.2 Å². The molecule has 5 nitrogen and oxygen atoms in total. The van der Waals surface area contributed by atoms with Crippen molar-refractivity contribution in [2.75, 3.05) is 5.32 Å². The highest BCUT2D eigenvalue weighted by molar-refractivity contribution is 6.36. The highest BCUT2D eigenvalue weighted by Crippen LogP contribution is 2.26. The zero-order valence-corrected chi connectivity index (χ0v) is 15.8. The second kappa shape index (κ2) is 7.02. The number of nitrogens with one attached hydrogen (secondary N) is 1. The fourth-order valence-electron chi connectivity index (χ4n) is 2.77. The Kier molecular flexibility index (Phi) is 4.56. The number of anilines is 1. The molecule has 0 bridgehead atoms. The van der Waals surface area contributed by atoms with Crippen molar-refractivity contribution in [3.8, 4) is 11.3 Å². The van der Waals surface area contributed by atoms with Crippen LogP contribution in [0.5, 0.6) is 0 Å². The Morgan fingerprint density at radius 3 is 2.56 bits per heavy atom. The molecule has 0 saturated carbocycles. The van der Waals surface area contributed by atoms with Crippen molar-refractivity contribution in [1.29, 1.82) is 0 Å². The number of carbonyl (C=O) groups is 1. The van der Waals surface area contributed by atoms with Crippen LogP contribution in [0, 0.1) is 6.92 Å². The molecule has 1 N–H and O–H groups in total. The number of aryl methyl sites for hydroxylation is 1. The molecule has 4 aromatic rings. The molecule has 2 aromatic carbocycles. The minimum atomic E-state index is -0.370. The Hall–Kier alpha value is -2.89. The van der Waals surface area contributed by atoms with Gasteiger partial charge in [-0.2, -0.15) is 5.10 Å². The predicted molar refractivity (Wildman–Crippen MR) is 108 cm³/mol. The van der Waals surface area contributed by atoms with Crippen molar-refractivity contribution in [3.63, 3.8) is 0 Å². The molecule has 0 aliphatic carbocycles. The van der Waals surface area contributed by atoms with E-state index in [9.17, 15) is 4.79 Å². The lowest BCUT2D eigenvalue weighted by Gasteiger charge is -2.05. The van der Waals surface area contributed by atoms with Crippen LogP contribution in [0.2, 0.25) is 10.0 Å². The van der Waals surface area contributed by atoms with Gasteiger partial charge >= 0.3 is 0 Å². The minimum absolute atomic E-state index is 0.252. The van der Waals surface area contributed by atoms with Crippen molar-refractivity contribution in [2.24, 2.45) is 0 Å². The van der Waals surface area contributed by atoms with Gasteiger partial charge in [0.2, 0.25) is 0 Å². The van der Waals surface area contributed by atoms with Crippen LogP contribution >= 0.6 is 23.2 Å². The molecule has 134 valence electrons. The normalized spacial score (nSPS) is 10.9. The van der Waals surface area contributed by atoms with E-state index < -0.39 is 0 Å². The Balaban J connectivity index is 1.68. The first-order valence-electron chi connectivity index (χ1n) is 8.20. The molecule has 0 saturated heterocycles. The van der Waals surface area contributed by atoms with E-state index in [1.54, 1.807) is 28.8 Å². The van der Waals surface area contributed by atoms with Gasteiger partial charge < -0.3 is 5.32 Å². The second-order valence-corrected chi connectivity index (χ2v) is 6.87. The van der Waals surface area contributed by atoms with E-state index in [1.165, 1.54) is 0 Å². The number of carbonyl (C=O) groups excluding carboxylic acids is 1. The van der Waals surface area contributed by atoms with E-state index in [0.29, 0.717) is 21.4 Å². The van der Waals surface area contributed by atoms with Crippen LogP contribution in [0.3, 0.4) is 0 Å². The quantitative estimate of drug-likeness (QED) is 0.513. The zero-order valence-electron chi connectivity index (χ0n) is 14.3. The maximum Gasteiger partial charge on any atom is 0.276 e. The fourth-order valence-corrected chi connectivity index (χ4v) is 3.23. The molecule has 2 heterocycles. The molecule has 2 aromatic heterocycles. The SMILES string of the molecule is Cc1cc(-c2ccccc2)nc2cc(C(=O)Nc3ccc(Cl)cc3Cl)nn12. The zero-order chi connectivity index (χ0) is 19.0. The number of amides is 1. The van der Waals surface area contributed by atoms with Gasteiger partial charge in [0.05, 0.1) is 16.4 Å². The van der Waals surface area contributed by atoms with Crippen LogP contribution in [-0.2, 0) is 0 Å². The van der Waals surface area contributed by atoms with Gasteiger partial charge in [-0.15, -0.1) is 0 Å². The van der Waals surface area contributed by atoms with Crippen molar-refractivity contribution in [1.82, 2.24) is 14.6 Å². The van der Waals surface area contributed by atoms with Crippen LogP contribution in [-0.4, -0.2) is 20.5 Å². The summed E-state index contributed by atoms with van der Waals surface area (Å²) in [5.41, 5.74) is 4.03. The lowest BCUT2D eigenvalue weighted by Crippen LogP contribution is -2.13. The number of benzene rings is 2. The molecular formula is C20H14Cl2N4O. The van der Waals surface area contributed by atoms with Crippen LogP contribution in [0.25, 0.3) is 16.9 Å². The lowest BCUT2D eigenvalue weighted by atomic mass is 10.1. The summed E-state index contributed by atoms with van der Waals surface area (Å²) >= 11 is 12.0. The van der Waals surface area contributed by atoms with E-state index in [1.807, 2.05) is 43.3 Å². The second-order valence-electron chi connectivity index (χ2n) is 6.03. The Morgan fingerprint density at radius 2 is 1.81 bits per heavy atom. The third kappa shape index (κ3) is 3.52. The lowest BCUT2D eigenvalue weighted by molar-refractivity contribution is 0.102. The van der Waals surface area contributed by atoms with Gasteiger partial charge in [-0.3, -0.25) is 4.79 Å². The number of aromatic nitrogens is 3. The van der Waals surface area contributed by atoms with Gasteiger partial charge in [0, 0.05) is 22.3 Å². The van der Waals surface area contributed by atoms with Crippen molar-refractivity contribution in [3.05, 3.63) is 82.1 Å². The van der Waals surface area contributed by atoms with Crippen LogP contribution in [0.4, 0.5) is 5.69 Å². The molecule has 0 spiro atoms. The van der Waals surface area contributed by atoms with E-state index in [0.717, 1.165) is 17.0 Å². The van der Waals surface area contributed by atoms with E-state index in [-0.39, 0.29) is 11.6 Å². The third-order valence-electron chi connectivity index (χ3n) is 4.09. The molecule has 7 heteroatoms. The van der Waals surface area contributed by atoms with Crippen LogP contribution < -0.4 is 5.32 Å². The van der Waals surface area contributed by atoms with Gasteiger partial charge in [0.25, 0.3) is 5.91 Å². The third-order valence-corrected chi connectivity index (χ3v) is 4.63. The van der Waals surface area contributed by atoms with Gasteiger partial charge in [-0.1, -0.05) is 53.5 Å². The number of fused-ring (bicyclic) bond motifs is 1.